The summed E-state index contributed by atoms with van der Waals surface area (Å²) in [7, 11) is 0. The maximum Gasteiger partial charge on any atom is 0.292 e. The van der Waals surface area contributed by atoms with Gasteiger partial charge in [0.25, 0.3) is 5.91 Å². The molecule has 2 aromatic rings. The maximum atomic E-state index is 12.7. The molecule has 144 valence electrons. The summed E-state index contributed by atoms with van der Waals surface area (Å²) < 4.78 is 5.21. The number of aryl methyl sites for hydroxylation is 1. The Morgan fingerprint density at radius 1 is 1.41 bits per heavy atom. The minimum atomic E-state index is -0.0958. The molecule has 2 aromatic heterocycles. The van der Waals surface area contributed by atoms with Gasteiger partial charge in [0.05, 0.1) is 12.0 Å². The topological polar surface area (TPSA) is 95.3 Å². The quantitative estimate of drug-likeness (QED) is 0.862. The average molecular weight is 371 g/mol. The Balaban J connectivity index is 1.40. The Hall–Kier alpha value is -2.64. The molecule has 2 fully saturated rings. The number of carbonyl (C=O) groups excluding carboxylic acids is 2. The summed E-state index contributed by atoms with van der Waals surface area (Å²) >= 11 is 0. The van der Waals surface area contributed by atoms with E-state index >= 15 is 0 Å². The fraction of sp³-hybridized carbons (Fsp3) is 0.579. The van der Waals surface area contributed by atoms with Gasteiger partial charge >= 0.3 is 0 Å². The Morgan fingerprint density at radius 2 is 2.30 bits per heavy atom. The molecule has 2 atom stereocenters. The van der Waals surface area contributed by atoms with Crippen LogP contribution in [0.2, 0.25) is 0 Å². The van der Waals surface area contributed by atoms with Crippen LogP contribution in [0, 0.1) is 5.92 Å². The van der Waals surface area contributed by atoms with Crippen molar-refractivity contribution < 1.29 is 14.1 Å². The number of nitrogens with zero attached hydrogens (tertiary/aromatic N) is 4. The molecular formula is C19H25N5O3. The van der Waals surface area contributed by atoms with Crippen LogP contribution in [0.5, 0.6) is 0 Å². The SMILES string of the molecule is CCc1cc(C(=O)N2CC[C@H]3[C@H](CCC(=O)N3CCc3cnc[nH]3)C2)on1. The lowest BCUT2D eigenvalue weighted by Crippen LogP contribution is -2.57. The van der Waals surface area contributed by atoms with E-state index in [4.69, 9.17) is 4.52 Å². The first-order valence-corrected chi connectivity index (χ1v) is 9.67. The van der Waals surface area contributed by atoms with Gasteiger partial charge in [0, 0.05) is 56.5 Å². The zero-order valence-electron chi connectivity index (χ0n) is 15.6. The number of likely N-dealkylation sites (tertiary alicyclic amines) is 2. The maximum absolute atomic E-state index is 12.7. The molecule has 0 unspecified atom stereocenters. The summed E-state index contributed by atoms with van der Waals surface area (Å²) in [5.41, 5.74) is 1.83. The number of rotatable bonds is 5. The summed E-state index contributed by atoms with van der Waals surface area (Å²) in [4.78, 5) is 36.2. The molecule has 0 saturated carbocycles. The molecule has 0 aliphatic carbocycles. The largest absolute Gasteiger partial charge is 0.351 e. The molecule has 8 heteroatoms. The molecular weight excluding hydrogens is 346 g/mol. The second-order valence-electron chi connectivity index (χ2n) is 7.36. The summed E-state index contributed by atoms with van der Waals surface area (Å²) in [6.45, 7) is 3.97. The van der Waals surface area contributed by atoms with E-state index in [1.54, 1.807) is 18.6 Å². The van der Waals surface area contributed by atoms with Gasteiger partial charge in [-0.2, -0.15) is 0 Å². The van der Waals surface area contributed by atoms with E-state index < -0.39 is 0 Å². The molecule has 4 heterocycles. The van der Waals surface area contributed by atoms with Crippen LogP contribution in [-0.4, -0.2) is 62.4 Å². The monoisotopic (exact) mass is 371 g/mol. The summed E-state index contributed by atoms with van der Waals surface area (Å²) in [5.74, 6) is 0.754. The van der Waals surface area contributed by atoms with Crippen LogP contribution >= 0.6 is 0 Å². The van der Waals surface area contributed by atoms with Crippen molar-refractivity contribution in [3.8, 4) is 0 Å². The van der Waals surface area contributed by atoms with Gasteiger partial charge in [0.2, 0.25) is 11.7 Å². The van der Waals surface area contributed by atoms with E-state index in [0.717, 1.165) is 37.1 Å². The van der Waals surface area contributed by atoms with Crippen LogP contribution in [-0.2, 0) is 17.6 Å². The lowest BCUT2D eigenvalue weighted by molar-refractivity contribution is -0.140. The van der Waals surface area contributed by atoms with E-state index in [1.165, 1.54) is 0 Å². The van der Waals surface area contributed by atoms with Gasteiger partial charge in [0.1, 0.15) is 0 Å². The fourth-order valence-corrected chi connectivity index (χ4v) is 4.22. The number of imidazole rings is 1. The van der Waals surface area contributed by atoms with Crippen molar-refractivity contribution in [3.63, 3.8) is 0 Å². The zero-order valence-corrected chi connectivity index (χ0v) is 15.6. The number of hydrogen-bond donors (Lipinski definition) is 1. The minimum absolute atomic E-state index is 0.0958. The smallest absolute Gasteiger partial charge is 0.292 e. The van der Waals surface area contributed by atoms with Crippen molar-refractivity contribution in [1.29, 1.82) is 0 Å². The van der Waals surface area contributed by atoms with Crippen LogP contribution < -0.4 is 0 Å². The number of carbonyl (C=O) groups is 2. The number of piperidine rings is 2. The van der Waals surface area contributed by atoms with E-state index in [1.807, 2.05) is 16.7 Å². The van der Waals surface area contributed by atoms with Gasteiger partial charge in [-0.25, -0.2) is 4.98 Å². The van der Waals surface area contributed by atoms with Crippen molar-refractivity contribution in [3.05, 3.63) is 35.7 Å². The van der Waals surface area contributed by atoms with Crippen molar-refractivity contribution in [2.45, 2.75) is 45.1 Å². The second-order valence-corrected chi connectivity index (χ2v) is 7.36. The Morgan fingerprint density at radius 3 is 3.04 bits per heavy atom. The Bertz CT molecular complexity index is 800. The third-order valence-electron chi connectivity index (χ3n) is 5.74. The van der Waals surface area contributed by atoms with Crippen LogP contribution in [0.1, 0.15) is 48.1 Å². The van der Waals surface area contributed by atoms with Gasteiger partial charge in [-0.1, -0.05) is 12.1 Å². The second kappa shape index (κ2) is 7.54. The molecule has 4 rings (SSSR count). The highest BCUT2D eigenvalue weighted by Crippen LogP contribution is 2.32. The highest BCUT2D eigenvalue weighted by molar-refractivity contribution is 5.91. The summed E-state index contributed by atoms with van der Waals surface area (Å²) in [6, 6.07) is 1.94. The van der Waals surface area contributed by atoms with E-state index in [-0.39, 0.29) is 17.9 Å². The standard InChI is InChI=1S/C19H25N5O3/c1-2-14-9-17(27-22-14)19(26)23-7-6-16-13(11-23)3-4-18(25)24(16)8-5-15-10-20-12-21-15/h9-10,12-13,16H,2-8,11H2,1H3,(H,20,21)/t13-,16+/m1/s1. The normalized spacial score (nSPS) is 22.8. The molecule has 0 spiro atoms. The van der Waals surface area contributed by atoms with Crippen LogP contribution in [0.25, 0.3) is 0 Å². The zero-order chi connectivity index (χ0) is 18.8. The number of amides is 2. The van der Waals surface area contributed by atoms with E-state index in [0.29, 0.717) is 37.7 Å². The molecule has 2 aliphatic rings. The molecule has 1 N–H and O–H groups in total. The number of hydrogen-bond acceptors (Lipinski definition) is 5. The number of aromatic nitrogens is 3. The lowest BCUT2D eigenvalue weighted by Gasteiger charge is -2.47. The first-order valence-electron chi connectivity index (χ1n) is 9.67. The molecule has 0 radical (unpaired) electrons. The average Bonchev–Trinajstić information content (AvgIpc) is 3.38. The first kappa shape index (κ1) is 17.8. The van der Waals surface area contributed by atoms with Gasteiger partial charge in [0.15, 0.2) is 0 Å². The number of aromatic amines is 1. The van der Waals surface area contributed by atoms with Crippen LogP contribution in [0.15, 0.2) is 23.1 Å². The predicted octanol–water partition coefficient (Wildman–Crippen LogP) is 1.66. The summed E-state index contributed by atoms with van der Waals surface area (Å²) in [6.07, 6.45) is 7.17. The Labute approximate surface area is 157 Å². The molecule has 2 saturated heterocycles. The molecule has 0 aromatic carbocycles. The highest BCUT2D eigenvalue weighted by Gasteiger charge is 2.40. The van der Waals surface area contributed by atoms with Crippen molar-refractivity contribution in [2.75, 3.05) is 19.6 Å². The minimum Gasteiger partial charge on any atom is -0.351 e. The van der Waals surface area contributed by atoms with E-state index in [9.17, 15) is 9.59 Å². The Kier molecular flexibility index (Phi) is 4.96. The molecule has 2 amide bonds. The fourth-order valence-electron chi connectivity index (χ4n) is 4.22. The molecule has 0 bridgehead atoms. The third-order valence-corrected chi connectivity index (χ3v) is 5.74. The third kappa shape index (κ3) is 3.61. The van der Waals surface area contributed by atoms with E-state index in [2.05, 4.69) is 15.1 Å². The van der Waals surface area contributed by atoms with Gasteiger partial charge in [-0.05, 0) is 25.2 Å². The number of fused-ring (bicyclic) bond motifs is 1. The first-order chi connectivity index (χ1) is 13.2. The van der Waals surface area contributed by atoms with Gasteiger partial charge in [-0.3, -0.25) is 9.59 Å². The molecule has 8 nitrogen and oxygen atoms in total. The lowest BCUT2D eigenvalue weighted by atomic mass is 9.83. The van der Waals surface area contributed by atoms with Crippen LogP contribution in [0.4, 0.5) is 0 Å². The van der Waals surface area contributed by atoms with Crippen molar-refractivity contribution in [2.24, 2.45) is 5.92 Å². The van der Waals surface area contributed by atoms with Gasteiger partial charge in [-0.15, -0.1) is 0 Å². The van der Waals surface area contributed by atoms with Crippen LogP contribution in [0.3, 0.4) is 0 Å². The molecule has 2 aliphatic heterocycles. The number of nitrogens with one attached hydrogen (secondary N) is 1. The van der Waals surface area contributed by atoms with Crippen molar-refractivity contribution in [1.82, 2.24) is 24.9 Å². The van der Waals surface area contributed by atoms with Gasteiger partial charge < -0.3 is 19.3 Å². The summed E-state index contributed by atoms with van der Waals surface area (Å²) in [5, 5.41) is 3.92. The van der Waals surface area contributed by atoms with Crippen molar-refractivity contribution >= 4 is 11.8 Å². The highest BCUT2D eigenvalue weighted by atomic mass is 16.5. The number of H-pyrrole nitrogens is 1. The predicted molar refractivity (Wildman–Crippen MR) is 96.9 cm³/mol. The molecule has 27 heavy (non-hydrogen) atoms.